The Morgan fingerprint density at radius 2 is 2.53 bits per heavy atom. The smallest absolute Gasteiger partial charge is 0.249 e. The van der Waals surface area contributed by atoms with Gasteiger partial charge >= 0.3 is 0 Å². The fourth-order valence-corrected chi connectivity index (χ4v) is 2.63. The highest BCUT2D eigenvalue weighted by Crippen LogP contribution is 2.18. The number of aromatic nitrogens is 1. The maximum atomic E-state index is 11.7. The van der Waals surface area contributed by atoms with E-state index < -0.39 is 0 Å². The van der Waals surface area contributed by atoms with Crippen molar-refractivity contribution in [3.63, 3.8) is 0 Å². The van der Waals surface area contributed by atoms with Crippen LogP contribution in [-0.4, -0.2) is 23.6 Å². The van der Waals surface area contributed by atoms with E-state index in [2.05, 4.69) is 29.5 Å². The van der Waals surface area contributed by atoms with Gasteiger partial charge in [0.1, 0.15) is 11.1 Å². The van der Waals surface area contributed by atoms with E-state index in [1.807, 2.05) is 0 Å². The molecule has 0 saturated carbocycles. The lowest BCUT2D eigenvalue weighted by molar-refractivity contribution is -0.130. The van der Waals surface area contributed by atoms with Crippen molar-refractivity contribution in [2.24, 2.45) is 0 Å². The molecule has 94 valence electrons. The van der Waals surface area contributed by atoms with Gasteiger partial charge in [-0.3, -0.25) is 4.79 Å². The molecule has 1 aromatic rings. The van der Waals surface area contributed by atoms with Gasteiger partial charge in [0.15, 0.2) is 0 Å². The van der Waals surface area contributed by atoms with Gasteiger partial charge < -0.3 is 10.1 Å². The second-order valence-electron chi connectivity index (χ2n) is 4.54. The third kappa shape index (κ3) is 3.26. The Morgan fingerprint density at radius 3 is 3.12 bits per heavy atom. The molecule has 1 aliphatic heterocycles. The van der Waals surface area contributed by atoms with E-state index in [0.717, 1.165) is 23.5 Å². The lowest BCUT2D eigenvalue weighted by atomic mass is 10.2. The average molecular weight is 254 g/mol. The predicted octanol–water partition coefficient (Wildman–Crippen LogP) is 2.06. The summed E-state index contributed by atoms with van der Waals surface area (Å²) in [4.78, 5) is 16.2. The highest BCUT2D eigenvalue weighted by Gasteiger charge is 2.23. The Labute approximate surface area is 105 Å². The molecule has 1 atom stereocenters. The van der Waals surface area contributed by atoms with Crippen LogP contribution in [0, 0.1) is 0 Å². The second kappa shape index (κ2) is 5.60. The zero-order valence-electron chi connectivity index (χ0n) is 10.2. The van der Waals surface area contributed by atoms with E-state index >= 15 is 0 Å². The molecule has 0 bridgehead atoms. The van der Waals surface area contributed by atoms with Gasteiger partial charge in [0.25, 0.3) is 0 Å². The summed E-state index contributed by atoms with van der Waals surface area (Å²) >= 11 is 1.60. The Hall–Kier alpha value is -0.940. The summed E-state index contributed by atoms with van der Waals surface area (Å²) < 4.78 is 5.32. The van der Waals surface area contributed by atoms with Crippen LogP contribution in [-0.2, 0) is 16.1 Å². The molecule has 1 aliphatic rings. The summed E-state index contributed by atoms with van der Waals surface area (Å²) in [5, 5.41) is 5.89. The minimum absolute atomic E-state index is 0.0104. The summed E-state index contributed by atoms with van der Waals surface area (Å²) in [7, 11) is 0. The first-order valence-electron chi connectivity index (χ1n) is 6.00. The molecule has 17 heavy (non-hydrogen) atoms. The minimum Gasteiger partial charge on any atom is -0.368 e. The summed E-state index contributed by atoms with van der Waals surface area (Å²) in [6.45, 7) is 5.44. The van der Waals surface area contributed by atoms with E-state index in [0.29, 0.717) is 19.1 Å². The van der Waals surface area contributed by atoms with Crippen molar-refractivity contribution in [1.29, 1.82) is 0 Å². The fourth-order valence-electron chi connectivity index (χ4n) is 1.73. The number of carbonyl (C=O) groups is 1. The number of ether oxygens (including phenoxy) is 1. The maximum absolute atomic E-state index is 11.7. The second-order valence-corrected chi connectivity index (χ2v) is 5.48. The minimum atomic E-state index is -0.250. The van der Waals surface area contributed by atoms with Crippen LogP contribution in [0.1, 0.15) is 43.3 Å². The molecule has 5 heteroatoms. The van der Waals surface area contributed by atoms with E-state index in [1.165, 1.54) is 0 Å². The number of carbonyl (C=O) groups excluding carboxylic acids is 1. The molecule has 1 unspecified atom stereocenters. The number of nitrogens with one attached hydrogen (secondary N) is 1. The first-order chi connectivity index (χ1) is 8.16. The SMILES string of the molecule is CC(C)c1csc(CNC(=O)C2CCCO2)n1. The number of amides is 1. The van der Waals surface area contributed by atoms with Crippen molar-refractivity contribution in [1.82, 2.24) is 10.3 Å². The third-order valence-corrected chi connectivity index (χ3v) is 3.66. The Bertz CT molecular complexity index is 384. The number of hydrogen-bond acceptors (Lipinski definition) is 4. The lowest BCUT2D eigenvalue weighted by Crippen LogP contribution is -2.33. The van der Waals surface area contributed by atoms with Crippen LogP contribution in [0.2, 0.25) is 0 Å². The quantitative estimate of drug-likeness (QED) is 0.894. The highest BCUT2D eigenvalue weighted by atomic mass is 32.1. The molecule has 1 N–H and O–H groups in total. The van der Waals surface area contributed by atoms with Gasteiger partial charge in [0.05, 0.1) is 12.2 Å². The average Bonchev–Trinajstić information content (AvgIpc) is 2.97. The van der Waals surface area contributed by atoms with Crippen LogP contribution in [0.4, 0.5) is 0 Å². The molecule has 0 aliphatic carbocycles. The molecule has 1 saturated heterocycles. The van der Waals surface area contributed by atoms with Crippen LogP contribution >= 0.6 is 11.3 Å². The molecular formula is C12H18N2O2S. The third-order valence-electron chi connectivity index (χ3n) is 2.80. The van der Waals surface area contributed by atoms with Gasteiger partial charge in [-0.05, 0) is 18.8 Å². The number of nitrogens with zero attached hydrogens (tertiary/aromatic N) is 1. The Morgan fingerprint density at radius 1 is 1.71 bits per heavy atom. The van der Waals surface area contributed by atoms with Crippen molar-refractivity contribution in [2.45, 2.75) is 45.3 Å². The number of thiazole rings is 1. The van der Waals surface area contributed by atoms with Crippen molar-refractivity contribution in [3.05, 3.63) is 16.1 Å². The molecule has 2 heterocycles. The summed E-state index contributed by atoms with van der Waals surface area (Å²) in [5.74, 6) is 0.428. The Kier molecular flexibility index (Phi) is 4.12. The predicted molar refractivity (Wildman–Crippen MR) is 67.0 cm³/mol. The van der Waals surface area contributed by atoms with Crippen LogP contribution in [0.15, 0.2) is 5.38 Å². The van der Waals surface area contributed by atoms with Gasteiger partial charge in [-0.1, -0.05) is 13.8 Å². The van der Waals surface area contributed by atoms with Crippen LogP contribution in [0.25, 0.3) is 0 Å². The Balaban J connectivity index is 1.82. The van der Waals surface area contributed by atoms with Crippen molar-refractivity contribution >= 4 is 17.2 Å². The zero-order valence-corrected chi connectivity index (χ0v) is 11.0. The van der Waals surface area contributed by atoms with Gasteiger partial charge in [-0.25, -0.2) is 4.98 Å². The van der Waals surface area contributed by atoms with E-state index in [-0.39, 0.29) is 12.0 Å². The highest BCUT2D eigenvalue weighted by molar-refractivity contribution is 7.09. The summed E-state index contributed by atoms with van der Waals surface area (Å²) in [6.07, 6.45) is 1.56. The maximum Gasteiger partial charge on any atom is 0.249 e. The largest absolute Gasteiger partial charge is 0.368 e. The van der Waals surface area contributed by atoms with Crippen molar-refractivity contribution in [3.8, 4) is 0 Å². The fraction of sp³-hybridized carbons (Fsp3) is 0.667. The standard InChI is InChI=1S/C12H18N2O2S/c1-8(2)9-7-17-11(14-9)6-13-12(15)10-4-3-5-16-10/h7-8,10H,3-6H2,1-2H3,(H,13,15). The number of hydrogen-bond donors (Lipinski definition) is 1. The number of rotatable bonds is 4. The van der Waals surface area contributed by atoms with Gasteiger partial charge in [0, 0.05) is 12.0 Å². The summed E-state index contributed by atoms with van der Waals surface area (Å²) in [5.41, 5.74) is 1.09. The normalized spacial score (nSPS) is 19.8. The summed E-state index contributed by atoms with van der Waals surface area (Å²) in [6, 6.07) is 0. The molecule has 2 rings (SSSR count). The van der Waals surface area contributed by atoms with Crippen LogP contribution < -0.4 is 5.32 Å². The van der Waals surface area contributed by atoms with Crippen molar-refractivity contribution in [2.75, 3.05) is 6.61 Å². The first-order valence-corrected chi connectivity index (χ1v) is 6.88. The van der Waals surface area contributed by atoms with Crippen LogP contribution in [0.3, 0.4) is 0 Å². The molecule has 1 amide bonds. The van der Waals surface area contributed by atoms with Crippen LogP contribution in [0.5, 0.6) is 0 Å². The molecular weight excluding hydrogens is 236 g/mol. The van der Waals surface area contributed by atoms with E-state index in [9.17, 15) is 4.79 Å². The van der Waals surface area contributed by atoms with Gasteiger partial charge in [-0.15, -0.1) is 11.3 Å². The molecule has 1 fully saturated rings. The van der Waals surface area contributed by atoms with Gasteiger partial charge in [-0.2, -0.15) is 0 Å². The van der Waals surface area contributed by atoms with E-state index in [4.69, 9.17) is 4.74 Å². The molecule has 0 aromatic carbocycles. The topological polar surface area (TPSA) is 51.2 Å². The zero-order chi connectivity index (χ0) is 12.3. The monoisotopic (exact) mass is 254 g/mol. The molecule has 0 radical (unpaired) electrons. The first kappa shape index (κ1) is 12.5. The lowest BCUT2D eigenvalue weighted by Gasteiger charge is -2.08. The van der Waals surface area contributed by atoms with E-state index in [1.54, 1.807) is 11.3 Å². The van der Waals surface area contributed by atoms with Crippen molar-refractivity contribution < 1.29 is 9.53 Å². The molecule has 0 spiro atoms. The van der Waals surface area contributed by atoms with Gasteiger partial charge in [0.2, 0.25) is 5.91 Å². The molecule has 1 aromatic heterocycles. The molecule has 4 nitrogen and oxygen atoms in total.